The van der Waals surface area contributed by atoms with E-state index in [2.05, 4.69) is 386 Å². The van der Waals surface area contributed by atoms with E-state index in [0.29, 0.717) is 0 Å². The molecule has 34 aromatic rings. The minimum Gasteiger partial charge on any atom is -0.456 e. The van der Waals surface area contributed by atoms with E-state index in [1.165, 1.54) is 131 Å². The van der Waals surface area contributed by atoms with Crippen LogP contribution in [0.5, 0.6) is 0 Å². The van der Waals surface area contributed by atoms with Crippen LogP contribution in [-0.4, -0.2) is 13.2 Å². The zero-order chi connectivity index (χ0) is 91.5. The Labute approximate surface area is 794 Å². The number of aromatic nitrogens is 3. The Kier molecular flexibility index (Phi) is 15.0. The van der Waals surface area contributed by atoms with E-state index in [0.717, 1.165) is 198 Å². The molecule has 21 aromatic carbocycles. The second kappa shape index (κ2) is 27.7. The Morgan fingerprint density at radius 3 is 0.621 bits per heavy atom. The van der Waals surface area contributed by atoms with Crippen LogP contribution >= 0.6 is 0 Å². The van der Waals surface area contributed by atoms with Crippen LogP contribution in [0, 0.1) is 0 Å². The van der Waals surface area contributed by atoms with Crippen molar-refractivity contribution in [2.24, 2.45) is 0 Å². The van der Waals surface area contributed by atoms with Gasteiger partial charge in [0.25, 0.3) is 0 Å². The van der Waals surface area contributed by atoms with Crippen LogP contribution in [0.4, 0.5) is 0 Å². The van der Waals surface area contributed by atoms with Crippen molar-refractivity contribution in [1.82, 2.24) is 13.2 Å². The van der Waals surface area contributed by atoms with Crippen LogP contribution < -0.4 is 0 Å². The molecule has 652 valence electrons. The standard InChI is InChI=1S/C48H27NO2.C42H21NO3.C40H27NO2/c1-3-11-28(12-4-1)30-23-31(29-13-5-2-6-14-29)25-32(24-30)33-26-40-36-19-21-38-34-15-7-9-17-42(34)50-47(38)45(36)49-44(40)41(27-33)37-20-22-39-35-16-8-10-18-43(35)51-48(39)46(37)49;1-5-11-35-24(7-1)29-16-14-27-32-20-23(22-13-18-37-31(19-22)26-9-3-4-10-34(26)44-37)21-33-28-15-17-30-25-8-2-6-12-36(25)46-42(30)40(28)43(38(32)33)39(27)41(29)45-35;1-40(2,3)24-14-12-22(13-15-24)23-20-31-27-16-18-29-25-8-4-6-10-33(25)42-38(29)36(27)41-35(31)32(21-23)28-17-19-30-26-9-5-7-11-34(26)43-39(30)37(28)41/h1-27H;1-21H;4-21H,1-3H3. The smallest absolute Gasteiger partial charge is 0.160 e. The van der Waals surface area contributed by atoms with Crippen molar-refractivity contribution < 1.29 is 30.9 Å². The molecule has 0 saturated heterocycles. The highest BCUT2D eigenvalue weighted by atomic mass is 16.4. The molecule has 0 aliphatic carbocycles. The summed E-state index contributed by atoms with van der Waals surface area (Å²) in [7, 11) is 0. The van der Waals surface area contributed by atoms with Crippen molar-refractivity contribution in [2.75, 3.05) is 0 Å². The van der Waals surface area contributed by atoms with Crippen molar-refractivity contribution >= 4 is 268 Å². The van der Waals surface area contributed by atoms with Gasteiger partial charge in [-0.05, 0) is 212 Å². The maximum absolute atomic E-state index is 6.74. The lowest BCUT2D eigenvalue weighted by molar-refractivity contribution is 0.590. The Morgan fingerprint density at radius 1 is 0.136 bits per heavy atom. The summed E-state index contributed by atoms with van der Waals surface area (Å²) in [5.41, 5.74) is 36.0. The first kappa shape index (κ1) is 76.0. The Morgan fingerprint density at radius 2 is 0.336 bits per heavy atom. The molecule has 0 unspecified atom stereocenters. The summed E-state index contributed by atoms with van der Waals surface area (Å²) >= 11 is 0. The first-order valence-corrected chi connectivity index (χ1v) is 48.0. The molecule has 10 heteroatoms. The molecule has 0 saturated carbocycles. The molecule has 34 rings (SSSR count). The van der Waals surface area contributed by atoms with Crippen molar-refractivity contribution in [2.45, 2.75) is 26.2 Å². The zero-order valence-corrected chi connectivity index (χ0v) is 75.8. The second-order valence-corrected chi connectivity index (χ2v) is 39.1. The molecule has 13 heterocycles. The minimum absolute atomic E-state index is 0.110. The third kappa shape index (κ3) is 10.4. The number of nitrogens with zero attached hydrogens (tertiary/aromatic N) is 3. The first-order chi connectivity index (χ1) is 69.0. The molecular weight excluding hydrogens is 1720 g/mol. The van der Waals surface area contributed by atoms with E-state index in [1.54, 1.807) is 0 Å². The normalized spacial score (nSPS) is 12.7. The molecule has 0 fully saturated rings. The van der Waals surface area contributed by atoms with Gasteiger partial charge in [0, 0.05) is 140 Å². The highest BCUT2D eigenvalue weighted by Crippen LogP contribution is 2.54. The molecule has 0 aliphatic rings. The van der Waals surface area contributed by atoms with E-state index >= 15 is 0 Å². The summed E-state index contributed by atoms with van der Waals surface area (Å²) in [4.78, 5) is 0. The molecule has 13 aromatic heterocycles. The van der Waals surface area contributed by atoms with Crippen LogP contribution in [0.3, 0.4) is 0 Å². The highest BCUT2D eigenvalue weighted by molar-refractivity contribution is 6.37. The summed E-state index contributed by atoms with van der Waals surface area (Å²) in [5.74, 6) is 0. The average molecular weight is 1790 g/mol. The van der Waals surface area contributed by atoms with E-state index in [4.69, 9.17) is 30.9 Å². The van der Waals surface area contributed by atoms with Gasteiger partial charge in [-0.25, -0.2) is 0 Å². The monoisotopic (exact) mass is 1790 g/mol. The van der Waals surface area contributed by atoms with Crippen molar-refractivity contribution in [3.05, 3.63) is 406 Å². The quantitative estimate of drug-likeness (QED) is 0.169. The summed E-state index contributed by atoms with van der Waals surface area (Å²) < 4.78 is 53.6. The topological polar surface area (TPSA) is 105 Å². The molecule has 0 amide bonds. The molecular formula is C130H75N3O7. The third-order valence-electron chi connectivity index (χ3n) is 30.5. The van der Waals surface area contributed by atoms with Crippen molar-refractivity contribution in [3.63, 3.8) is 0 Å². The zero-order valence-electron chi connectivity index (χ0n) is 75.8. The number of para-hydroxylation sites is 7. The lowest BCUT2D eigenvalue weighted by Gasteiger charge is -2.19. The van der Waals surface area contributed by atoms with Crippen LogP contribution in [-0.2, 0) is 5.41 Å². The SMILES string of the molecule is CC(C)(C)c1ccc(-c2cc3c4ccc5c6ccccc6oc5c4n4c3c(c2)c2ccc3c5ccccc5oc3c24)cc1.c1ccc(-c2cc(-c3ccccc3)cc(-c3cc4c5ccc6c7ccccc7oc6c5n5c4c(c3)c3ccc4c6ccccc6oc4c35)c2)cc1.c1ccc2c(c1)oc1ccc(-c3cc4c5ccc6c7ccccc7oc6c5n5c4c(c3)c3ccc4c6ccccc6oc4c35)cc12. The first-order valence-electron chi connectivity index (χ1n) is 48.0. The van der Waals surface area contributed by atoms with Gasteiger partial charge < -0.3 is 44.1 Å². The summed E-state index contributed by atoms with van der Waals surface area (Å²) in [6.45, 7) is 6.79. The highest BCUT2D eigenvalue weighted by Gasteiger charge is 2.32. The lowest BCUT2D eigenvalue weighted by atomic mass is 9.86. The fraction of sp³-hybridized carbons (Fsp3) is 0.0308. The predicted octanol–water partition coefficient (Wildman–Crippen LogP) is 37.4. The molecule has 0 spiro atoms. The molecule has 0 bridgehead atoms. The molecule has 0 atom stereocenters. The minimum atomic E-state index is 0.110. The maximum Gasteiger partial charge on any atom is 0.160 e. The number of furan rings is 7. The lowest BCUT2D eigenvalue weighted by Crippen LogP contribution is -2.10. The van der Waals surface area contributed by atoms with Gasteiger partial charge in [0.15, 0.2) is 33.5 Å². The summed E-state index contributed by atoms with van der Waals surface area (Å²) in [6, 6.07) is 143. The Balaban J connectivity index is 0.0000000953. The molecule has 0 N–H and O–H groups in total. The van der Waals surface area contributed by atoms with Gasteiger partial charge in [0.1, 0.15) is 44.7 Å². The van der Waals surface area contributed by atoms with E-state index in [9.17, 15) is 0 Å². The largest absolute Gasteiger partial charge is 0.456 e. The number of hydrogen-bond donors (Lipinski definition) is 0. The van der Waals surface area contributed by atoms with Gasteiger partial charge in [-0.1, -0.05) is 276 Å². The molecule has 10 nitrogen and oxygen atoms in total. The predicted molar refractivity (Wildman–Crippen MR) is 580 cm³/mol. The summed E-state index contributed by atoms with van der Waals surface area (Å²) in [6.07, 6.45) is 0. The average Bonchev–Trinajstić information content (AvgIpc) is 1.52. The molecule has 0 radical (unpaired) electrons. The Bertz CT molecular complexity index is 10800. The van der Waals surface area contributed by atoms with Crippen molar-refractivity contribution in [3.8, 4) is 55.6 Å². The van der Waals surface area contributed by atoms with Crippen molar-refractivity contribution in [1.29, 1.82) is 0 Å². The van der Waals surface area contributed by atoms with Crippen LogP contribution in [0.25, 0.3) is 323 Å². The second-order valence-electron chi connectivity index (χ2n) is 39.1. The van der Waals surface area contributed by atoms with Crippen LogP contribution in [0.1, 0.15) is 26.3 Å². The molecule has 0 aliphatic heterocycles. The molecule has 140 heavy (non-hydrogen) atoms. The fourth-order valence-corrected chi connectivity index (χ4v) is 24.1. The van der Waals surface area contributed by atoms with Gasteiger partial charge in [0.2, 0.25) is 0 Å². The number of rotatable bonds is 5. The van der Waals surface area contributed by atoms with Gasteiger partial charge in [-0.3, -0.25) is 0 Å². The number of benzene rings is 21. The van der Waals surface area contributed by atoms with Gasteiger partial charge in [-0.2, -0.15) is 0 Å². The van der Waals surface area contributed by atoms with Crippen LogP contribution in [0.2, 0.25) is 0 Å². The number of hydrogen-bond acceptors (Lipinski definition) is 7. The van der Waals surface area contributed by atoms with E-state index in [-0.39, 0.29) is 5.41 Å². The van der Waals surface area contributed by atoms with Crippen LogP contribution in [0.15, 0.2) is 431 Å². The van der Waals surface area contributed by atoms with E-state index < -0.39 is 0 Å². The number of fused-ring (bicyclic) bond motifs is 45. The maximum atomic E-state index is 6.74. The third-order valence-corrected chi connectivity index (χ3v) is 30.5. The summed E-state index contributed by atoms with van der Waals surface area (Å²) in [5, 5.41) is 30.1. The van der Waals surface area contributed by atoms with Gasteiger partial charge >= 0.3 is 0 Å². The van der Waals surface area contributed by atoms with Gasteiger partial charge in [0.05, 0.1) is 49.7 Å². The fourth-order valence-electron chi connectivity index (χ4n) is 24.1. The Hall–Kier alpha value is -18.4. The van der Waals surface area contributed by atoms with E-state index in [1.807, 2.05) is 48.5 Å². The van der Waals surface area contributed by atoms with Gasteiger partial charge in [-0.15, -0.1) is 0 Å².